The second kappa shape index (κ2) is 8.82. The molecule has 0 saturated carbocycles. The summed E-state index contributed by atoms with van der Waals surface area (Å²) in [4.78, 5) is 21.7. The molecule has 0 atom stereocenters. The van der Waals surface area contributed by atoms with Crippen molar-refractivity contribution in [1.29, 1.82) is 0 Å². The molecule has 1 amide bonds. The first kappa shape index (κ1) is 19.8. The molecule has 1 aromatic heterocycles. The lowest BCUT2D eigenvalue weighted by Crippen LogP contribution is -2.36. The summed E-state index contributed by atoms with van der Waals surface area (Å²) in [5.41, 5.74) is 1.51. The zero-order chi connectivity index (χ0) is 19.4. The second-order valence-electron chi connectivity index (χ2n) is 6.33. The van der Waals surface area contributed by atoms with Gasteiger partial charge in [0, 0.05) is 23.1 Å². The van der Waals surface area contributed by atoms with E-state index in [0.29, 0.717) is 23.8 Å². The standard InChI is InChI=1S/C20H22BrN3O2S/c1-4-26-16-8-9-17-18(13-16)27-20(22-17)24(11-10-23(2)3)19(25)14-6-5-7-15(21)12-14/h5-9,12-13H,4,10-11H2,1-3H3. The highest BCUT2D eigenvalue weighted by Gasteiger charge is 2.21. The van der Waals surface area contributed by atoms with Crippen LogP contribution >= 0.6 is 27.3 Å². The summed E-state index contributed by atoms with van der Waals surface area (Å²) in [6.45, 7) is 3.89. The number of amides is 1. The van der Waals surface area contributed by atoms with Crippen molar-refractivity contribution < 1.29 is 9.53 Å². The molecule has 0 fully saturated rings. The number of aromatic nitrogens is 1. The molecule has 0 N–H and O–H groups in total. The number of anilines is 1. The van der Waals surface area contributed by atoms with Gasteiger partial charge >= 0.3 is 0 Å². The summed E-state index contributed by atoms with van der Waals surface area (Å²) in [6.07, 6.45) is 0. The Kier molecular flexibility index (Phi) is 6.46. The van der Waals surface area contributed by atoms with Crippen LogP contribution in [0, 0.1) is 0 Å². The van der Waals surface area contributed by atoms with E-state index in [9.17, 15) is 4.79 Å². The van der Waals surface area contributed by atoms with Gasteiger partial charge < -0.3 is 9.64 Å². The van der Waals surface area contributed by atoms with Crippen LogP contribution in [0.5, 0.6) is 5.75 Å². The maximum Gasteiger partial charge on any atom is 0.260 e. The van der Waals surface area contributed by atoms with Crippen LogP contribution in [0.15, 0.2) is 46.9 Å². The lowest BCUT2D eigenvalue weighted by atomic mass is 10.2. The summed E-state index contributed by atoms with van der Waals surface area (Å²) in [6, 6.07) is 13.3. The van der Waals surface area contributed by atoms with Crippen molar-refractivity contribution in [2.24, 2.45) is 0 Å². The first-order chi connectivity index (χ1) is 13.0. The van der Waals surface area contributed by atoms with E-state index in [1.165, 1.54) is 11.3 Å². The number of hydrogen-bond acceptors (Lipinski definition) is 5. The Morgan fingerprint density at radius 2 is 2.00 bits per heavy atom. The van der Waals surface area contributed by atoms with Gasteiger partial charge in [-0.15, -0.1) is 0 Å². The van der Waals surface area contributed by atoms with Gasteiger partial charge in [0.1, 0.15) is 5.75 Å². The lowest BCUT2D eigenvalue weighted by Gasteiger charge is -2.22. The van der Waals surface area contributed by atoms with Gasteiger partial charge in [0.15, 0.2) is 5.13 Å². The predicted molar refractivity (Wildman–Crippen MR) is 115 cm³/mol. The fraction of sp³-hybridized carbons (Fsp3) is 0.300. The number of fused-ring (bicyclic) bond motifs is 1. The van der Waals surface area contributed by atoms with Crippen molar-refractivity contribution in [3.05, 3.63) is 52.5 Å². The zero-order valence-corrected chi connectivity index (χ0v) is 18.0. The molecule has 0 spiro atoms. The number of halogens is 1. The first-order valence-electron chi connectivity index (χ1n) is 8.73. The Morgan fingerprint density at radius 3 is 2.70 bits per heavy atom. The summed E-state index contributed by atoms with van der Waals surface area (Å²) in [7, 11) is 3.99. The number of thiazole rings is 1. The maximum absolute atomic E-state index is 13.2. The maximum atomic E-state index is 13.2. The largest absolute Gasteiger partial charge is 0.494 e. The van der Waals surface area contributed by atoms with Gasteiger partial charge in [-0.25, -0.2) is 4.98 Å². The molecule has 0 aliphatic carbocycles. The Hall–Kier alpha value is -1.96. The minimum absolute atomic E-state index is 0.0535. The van der Waals surface area contributed by atoms with Crippen LogP contribution in [0.4, 0.5) is 5.13 Å². The van der Waals surface area contributed by atoms with Crippen LogP contribution in [-0.4, -0.2) is 49.6 Å². The van der Waals surface area contributed by atoms with Crippen LogP contribution in [0.1, 0.15) is 17.3 Å². The Bertz CT molecular complexity index is 942. The molecule has 0 unspecified atom stereocenters. The molecule has 142 valence electrons. The molecular formula is C20H22BrN3O2S. The monoisotopic (exact) mass is 447 g/mol. The molecule has 27 heavy (non-hydrogen) atoms. The number of carbonyl (C=O) groups excluding carboxylic acids is 1. The van der Waals surface area contributed by atoms with Gasteiger partial charge in [-0.3, -0.25) is 9.69 Å². The lowest BCUT2D eigenvalue weighted by molar-refractivity contribution is 0.0985. The molecule has 7 heteroatoms. The highest BCUT2D eigenvalue weighted by atomic mass is 79.9. The van der Waals surface area contributed by atoms with Gasteiger partial charge in [0.25, 0.3) is 5.91 Å². The van der Waals surface area contributed by atoms with Crippen molar-refractivity contribution in [2.45, 2.75) is 6.92 Å². The number of ether oxygens (including phenoxy) is 1. The minimum Gasteiger partial charge on any atom is -0.494 e. The molecule has 3 aromatic rings. The van der Waals surface area contributed by atoms with Gasteiger partial charge in [-0.2, -0.15) is 0 Å². The molecule has 0 saturated heterocycles. The van der Waals surface area contributed by atoms with Crippen LogP contribution in [-0.2, 0) is 0 Å². The van der Waals surface area contributed by atoms with E-state index in [-0.39, 0.29) is 5.91 Å². The van der Waals surface area contributed by atoms with Crippen molar-refractivity contribution in [3.8, 4) is 5.75 Å². The fourth-order valence-electron chi connectivity index (χ4n) is 2.63. The Morgan fingerprint density at radius 1 is 1.19 bits per heavy atom. The van der Waals surface area contributed by atoms with E-state index in [0.717, 1.165) is 27.0 Å². The van der Waals surface area contributed by atoms with Gasteiger partial charge in [-0.1, -0.05) is 33.3 Å². The van der Waals surface area contributed by atoms with Crippen LogP contribution in [0.2, 0.25) is 0 Å². The third kappa shape index (κ3) is 4.86. The molecule has 5 nitrogen and oxygen atoms in total. The number of likely N-dealkylation sites (N-methyl/N-ethyl adjacent to an activating group) is 1. The number of benzene rings is 2. The average Bonchev–Trinajstić information content (AvgIpc) is 3.04. The van der Waals surface area contributed by atoms with Crippen molar-refractivity contribution in [3.63, 3.8) is 0 Å². The quantitative estimate of drug-likeness (QED) is 0.527. The van der Waals surface area contributed by atoms with Crippen LogP contribution in [0.3, 0.4) is 0 Å². The zero-order valence-electron chi connectivity index (χ0n) is 15.6. The van der Waals surface area contributed by atoms with Gasteiger partial charge in [0.05, 0.1) is 16.8 Å². The molecule has 0 aliphatic rings. The molecule has 1 heterocycles. The third-order valence-corrected chi connectivity index (χ3v) is 5.51. The summed E-state index contributed by atoms with van der Waals surface area (Å²) < 4.78 is 7.47. The molecule has 2 aromatic carbocycles. The highest BCUT2D eigenvalue weighted by molar-refractivity contribution is 9.10. The van der Waals surface area contributed by atoms with E-state index in [1.54, 1.807) is 4.90 Å². The number of carbonyl (C=O) groups is 1. The molecule has 0 bridgehead atoms. The van der Waals surface area contributed by atoms with E-state index < -0.39 is 0 Å². The summed E-state index contributed by atoms with van der Waals surface area (Å²) >= 11 is 4.95. The van der Waals surface area contributed by atoms with Crippen molar-refractivity contribution in [2.75, 3.05) is 38.7 Å². The summed E-state index contributed by atoms with van der Waals surface area (Å²) in [5, 5.41) is 0.700. The van der Waals surface area contributed by atoms with Gasteiger partial charge in [-0.05, 0) is 57.4 Å². The number of hydrogen-bond donors (Lipinski definition) is 0. The fourth-order valence-corrected chi connectivity index (χ4v) is 4.04. The smallest absolute Gasteiger partial charge is 0.260 e. The summed E-state index contributed by atoms with van der Waals surface area (Å²) in [5.74, 6) is 0.764. The van der Waals surface area contributed by atoms with E-state index in [4.69, 9.17) is 9.72 Å². The normalized spacial score (nSPS) is 11.1. The Labute approximate surface area is 171 Å². The van der Waals surface area contributed by atoms with Crippen LogP contribution < -0.4 is 9.64 Å². The van der Waals surface area contributed by atoms with Crippen LogP contribution in [0.25, 0.3) is 10.2 Å². The number of rotatable bonds is 7. The van der Waals surface area contributed by atoms with E-state index in [2.05, 4.69) is 20.8 Å². The van der Waals surface area contributed by atoms with Crippen molar-refractivity contribution in [1.82, 2.24) is 9.88 Å². The van der Waals surface area contributed by atoms with E-state index in [1.807, 2.05) is 63.5 Å². The number of nitrogens with zero attached hydrogens (tertiary/aromatic N) is 3. The molecule has 0 radical (unpaired) electrons. The minimum atomic E-state index is -0.0535. The molecule has 0 aliphatic heterocycles. The Balaban J connectivity index is 1.96. The highest BCUT2D eigenvalue weighted by Crippen LogP contribution is 2.32. The van der Waals surface area contributed by atoms with E-state index >= 15 is 0 Å². The SMILES string of the molecule is CCOc1ccc2nc(N(CCN(C)C)C(=O)c3cccc(Br)c3)sc2c1. The predicted octanol–water partition coefficient (Wildman–Crippen LogP) is 4.67. The second-order valence-corrected chi connectivity index (χ2v) is 8.25. The molecular weight excluding hydrogens is 426 g/mol. The average molecular weight is 448 g/mol. The third-order valence-electron chi connectivity index (χ3n) is 3.98. The van der Waals surface area contributed by atoms with Gasteiger partial charge in [0.2, 0.25) is 0 Å². The molecule has 3 rings (SSSR count). The topological polar surface area (TPSA) is 45.7 Å². The first-order valence-corrected chi connectivity index (χ1v) is 10.3. The van der Waals surface area contributed by atoms with Crippen molar-refractivity contribution >= 4 is 48.5 Å².